The van der Waals surface area contributed by atoms with Crippen LogP contribution in [-0.2, 0) is 17.8 Å². The number of hydrogen-bond donors (Lipinski definition) is 3. The smallest absolute Gasteiger partial charge is 0.326 e. The minimum absolute atomic E-state index is 0.0410. The summed E-state index contributed by atoms with van der Waals surface area (Å²) >= 11 is 0. The van der Waals surface area contributed by atoms with Crippen LogP contribution in [0.5, 0.6) is 11.5 Å². The number of benzene rings is 2. The molecule has 0 spiro atoms. The van der Waals surface area contributed by atoms with Gasteiger partial charge in [-0.05, 0) is 24.6 Å². The number of aliphatic carboxylic acids is 1. The number of hydrogen-bond acceptors (Lipinski definition) is 6. The Morgan fingerprint density at radius 1 is 1.21 bits per heavy atom. The molecule has 168 valence electrons. The summed E-state index contributed by atoms with van der Waals surface area (Å²) in [4.78, 5) is 41.1. The van der Waals surface area contributed by atoms with Crippen molar-refractivity contribution in [2.24, 2.45) is 0 Å². The van der Waals surface area contributed by atoms with E-state index in [0.29, 0.717) is 23.6 Å². The maximum Gasteiger partial charge on any atom is 0.326 e. The third-order valence-corrected chi connectivity index (χ3v) is 5.67. The number of aromatic nitrogens is 3. The molecular weight excluding hydrogens is 428 g/mol. The van der Waals surface area contributed by atoms with Crippen LogP contribution in [0, 0.1) is 0 Å². The van der Waals surface area contributed by atoms with Crippen molar-refractivity contribution < 1.29 is 24.2 Å². The SMILES string of the molecule is CCn1nc(C(=O)N[C@@H](Cc2c[nH]c3ccccc23)C(=O)O)c(=O)c2cc3c(cc21)OCO3. The van der Waals surface area contributed by atoms with Crippen LogP contribution in [0.2, 0.25) is 0 Å². The van der Waals surface area contributed by atoms with Crippen molar-refractivity contribution in [2.45, 2.75) is 25.9 Å². The number of carbonyl (C=O) groups is 2. The Morgan fingerprint density at radius 2 is 1.97 bits per heavy atom. The van der Waals surface area contributed by atoms with Gasteiger partial charge in [0.1, 0.15) is 6.04 Å². The maximum absolute atomic E-state index is 13.1. The second-order valence-corrected chi connectivity index (χ2v) is 7.64. The standard InChI is InChI=1S/C23H20N4O6/c1-2-27-17-9-19-18(32-11-33-19)8-14(17)21(28)20(26-27)22(29)25-16(23(30)31)7-12-10-24-15-6-4-3-5-13(12)15/h3-6,8-10,16,24H,2,7,11H2,1H3,(H,25,29)(H,30,31)/t16-/m0/s1. The third-order valence-electron chi connectivity index (χ3n) is 5.67. The van der Waals surface area contributed by atoms with Crippen molar-refractivity contribution in [3.63, 3.8) is 0 Å². The van der Waals surface area contributed by atoms with Crippen LogP contribution >= 0.6 is 0 Å². The summed E-state index contributed by atoms with van der Waals surface area (Å²) in [5.41, 5.74) is 1.11. The van der Waals surface area contributed by atoms with E-state index >= 15 is 0 Å². The minimum atomic E-state index is -1.25. The molecule has 1 aliphatic rings. The Kier molecular flexibility index (Phi) is 4.97. The fourth-order valence-corrected chi connectivity index (χ4v) is 4.01. The van der Waals surface area contributed by atoms with Gasteiger partial charge in [0.25, 0.3) is 5.91 Å². The van der Waals surface area contributed by atoms with Gasteiger partial charge in [-0.25, -0.2) is 4.79 Å². The van der Waals surface area contributed by atoms with E-state index in [4.69, 9.17) is 9.47 Å². The Hall–Kier alpha value is -4.34. The average Bonchev–Trinajstić information content (AvgIpc) is 3.44. The lowest BCUT2D eigenvalue weighted by Gasteiger charge is -2.15. The highest BCUT2D eigenvalue weighted by Gasteiger charge is 2.26. The van der Waals surface area contributed by atoms with Crippen molar-refractivity contribution >= 4 is 33.7 Å². The predicted molar refractivity (Wildman–Crippen MR) is 119 cm³/mol. The number of carboxylic acid groups (broad SMARTS) is 1. The summed E-state index contributed by atoms with van der Waals surface area (Å²) in [5, 5.41) is 17.5. The van der Waals surface area contributed by atoms with Crippen LogP contribution in [0.4, 0.5) is 0 Å². The summed E-state index contributed by atoms with van der Waals surface area (Å²) in [6, 6.07) is 9.39. The molecule has 10 heteroatoms. The second kappa shape index (κ2) is 7.97. The molecule has 0 saturated carbocycles. The number of rotatable bonds is 6. The van der Waals surface area contributed by atoms with Gasteiger partial charge in [-0.15, -0.1) is 0 Å². The zero-order valence-corrected chi connectivity index (χ0v) is 17.6. The van der Waals surface area contributed by atoms with Crippen LogP contribution in [0.3, 0.4) is 0 Å². The lowest BCUT2D eigenvalue weighted by Crippen LogP contribution is -2.44. The number of ether oxygens (including phenoxy) is 2. The molecule has 1 aliphatic heterocycles. The molecule has 2 aromatic heterocycles. The third kappa shape index (κ3) is 3.55. The number of aryl methyl sites for hydroxylation is 1. The zero-order valence-electron chi connectivity index (χ0n) is 17.6. The molecule has 1 amide bonds. The van der Waals surface area contributed by atoms with Crippen molar-refractivity contribution in [1.29, 1.82) is 0 Å². The van der Waals surface area contributed by atoms with Crippen LogP contribution in [0.1, 0.15) is 23.0 Å². The van der Waals surface area contributed by atoms with E-state index in [-0.39, 0.29) is 24.3 Å². The summed E-state index contributed by atoms with van der Waals surface area (Å²) < 4.78 is 12.2. The minimum Gasteiger partial charge on any atom is -0.480 e. The normalized spacial score (nSPS) is 13.4. The first-order valence-corrected chi connectivity index (χ1v) is 10.4. The Bertz CT molecular complexity index is 1470. The molecule has 33 heavy (non-hydrogen) atoms. The molecule has 1 atom stereocenters. The summed E-state index contributed by atoms with van der Waals surface area (Å²) in [6.07, 6.45) is 1.76. The van der Waals surface area contributed by atoms with E-state index in [0.717, 1.165) is 16.5 Å². The highest BCUT2D eigenvalue weighted by atomic mass is 16.7. The van der Waals surface area contributed by atoms with Crippen LogP contribution < -0.4 is 20.2 Å². The van der Waals surface area contributed by atoms with Gasteiger partial charge in [0, 0.05) is 36.1 Å². The number of fused-ring (bicyclic) bond motifs is 3. The number of aromatic amines is 1. The van der Waals surface area contributed by atoms with Gasteiger partial charge < -0.3 is 24.9 Å². The van der Waals surface area contributed by atoms with Crippen molar-refractivity contribution in [2.75, 3.05) is 6.79 Å². The monoisotopic (exact) mass is 448 g/mol. The molecule has 0 bridgehead atoms. The van der Waals surface area contributed by atoms with Gasteiger partial charge in [-0.1, -0.05) is 18.2 Å². The van der Waals surface area contributed by atoms with E-state index in [1.807, 2.05) is 31.2 Å². The quantitative estimate of drug-likeness (QED) is 0.411. The van der Waals surface area contributed by atoms with E-state index in [1.165, 1.54) is 10.7 Å². The first kappa shape index (κ1) is 20.6. The Balaban J connectivity index is 1.49. The molecule has 2 aromatic carbocycles. The molecule has 3 N–H and O–H groups in total. The van der Waals surface area contributed by atoms with Gasteiger partial charge in [0.2, 0.25) is 12.2 Å². The Morgan fingerprint density at radius 3 is 2.73 bits per heavy atom. The van der Waals surface area contributed by atoms with E-state index < -0.39 is 23.3 Å². The van der Waals surface area contributed by atoms with E-state index in [1.54, 1.807) is 12.3 Å². The van der Waals surface area contributed by atoms with Gasteiger partial charge in [-0.2, -0.15) is 5.10 Å². The van der Waals surface area contributed by atoms with E-state index in [2.05, 4.69) is 15.4 Å². The van der Waals surface area contributed by atoms with Crippen molar-refractivity contribution in [1.82, 2.24) is 20.1 Å². The Labute approximate surface area is 186 Å². The first-order chi connectivity index (χ1) is 16.0. The number of amides is 1. The number of H-pyrrole nitrogens is 1. The molecular formula is C23H20N4O6. The summed E-state index contributed by atoms with van der Waals surface area (Å²) in [7, 11) is 0. The number of nitrogens with one attached hydrogen (secondary N) is 2. The molecule has 10 nitrogen and oxygen atoms in total. The number of nitrogens with zero attached hydrogens (tertiary/aromatic N) is 2. The summed E-state index contributed by atoms with van der Waals surface area (Å²) in [5.74, 6) is -1.17. The predicted octanol–water partition coefficient (Wildman–Crippen LogP) is 2.05. The van der Waals surface area contributed by atoms with Crippen molar-refractivity contribution in [3.8, 4) is 11.5 Å². The molecule has 0 aliphatic carbocycles. The lowest BCUT2D eigenvalue weighted by atomic mass is 10.0. The number of carbonyl (C=O) groups excluding carboxylic acids is 1. The van der Waals surface area contributed by atoms with E-state index in [9.17, 15) is 19.5 Å². The van der Waals surface area contributed by atoms with Crippen LogP contribution in [0.25, 0.3) is 21.8 Å². The molecule has 0 fully saturated rings. The van der Waals surface area contributed by atoms with Crippen LogP contribution in [0.15, 0.2) is 47.4 Å². The highest BCUT2D eigenvalue weighted by Crippen LogP contribution is 2.35. The molecule has 4 aromatic rings. The number of carboxylic acids is 1. The molecule has 0 saturated heterocycles. The largest absolute Gasteiger partial charge is 0.480 e. The maximum atomic E-state index is 13.1. The average molecular weight is 448 g/mol. The van der Waals surface area contributed by atoms with Gasteiger partial charge in [-0.3, -0.25) is 14.3 Å². The first-order valence-electron chi connectivity index (χ1n) is 10.4. The topological polar surface area (TPSA) is 136 Å². The molecule has 0 unspecified atom stereocenters. The fourth-order valence-electron chi connectivity index (χ4n) is 4.01. The highest BCUT2D eigenvalue weighted by molar-refractivity contribution is 5.98. The second-order valence-electron chi connectivity index (χ2n) is 7.64. The zero-order chi connectivity index (χ0) is 23.1. The molecule has 5 rings (SSSR count). The number of para-hydroxylation sites is 1. The van der Waals surface area contributed by atoms with Gasteiger partial charge in [0.05, 0.1) is 10.9 Å². The van der Waals surface area contributed by atoms with Gasteiger partial charge in [0.15, 0.2) is 17.2 Å². The molecule has 0 radical (unpaired) electrons. The van der Waals surface area contributed by atoms with Crippen molar-refractivity contribution in [3.05, 3.63) is 64.1 Å². The fraction of sp³-hybridized carbons (Fsp3) is 0.217. The lowest BCUT2D eigenvalue weighted by molar-refractivity contribution is -0.139. The summed E-state index contributed by atoms with van der Waals surface area (Å²) in [6.45, 7) is 2.25. The van der Waals surface area contributed by atoms with Gasteiger partial charge >= 0.3 is 5.97 Å². The molecule has 3 heterocycles. The van der Waals surface area contributed by atoms with Crippen LogP contribution in [-0.4, -0.2) is 44.6 Å².